The van der Waals surface area contributed by atoms with Crippen molar-refractivity contribution in [2.45, 2.75) is 46.5 Å². The van der Waals surface area contributed by atoms with Crippen LogP contribution in [0.5, 0.6) is 0 Å². The quantitative estimate of drug-likeness (QED) is 0.554. The second-order valence-electron chi connectivity index (χ2n) is 9.31. The molecule has 5 nitrogen and oxygen atoms in total. The van der Waals surface area contributed by atoms with Gasteiger partial charge in [0.2, 0.25) is 0 Å². The van der Waals surface area contributed by atoms with Crippen LogP contribution in [0.2, 0.25) is 0 Å². The molecule has 0 spiro atoms. The van der Waals surface area contributed by atoms with Crippen molar-refractivity contribution in [2.75, 3.05) is 25.5 Å². The van der Waals surface area contributed by atoms with Crippen LogP contribution in [0.25, 0.3) is 10.9 Å². The van der Waals surface area contributed by atoms with E-state index >= 15 is 0 Å². The largest absolute Gasteiger partial charge is 0.362 e. The Kier molecular flexibility index (Phi) is 8.37. The van der Waals surface area contributed by atoms with Crippen LogP contribution in [0.4, 0.5) is 10.2 Å². The van der Waals surface area contributed by atoms with Crippen molar-refractivity contribution >= 4 is 22.6 Å². The van der Waals surface area contributed by atoms with Crippen LogP contribution in [0.1, 0.15) is 54.4 Å². The third-order valence-corrected chi connectivity index (χ3v) is 6.24. The highest BCUT2D eigenvalue weighted by Gasteiger charge is 2.19. The molecule has 1 amide bonds. The van der Waals surface area contributed by atoms with E-state index in [4.69, 9.17) is 0 Å². The number of benzene rings is 2. The minimum absolute atomic E-state index is 0.169. The molecule has 1 N–H and O–H groups in total. The van der Waals surface area contributed by atoms with Gasteiger partial charge in [-0.3, -0.25) is 4.79 Å². The zero-order valence-electron chi connectivity index (χ0n) is 20.4. The number of aryl methyl sites for hydroxylation is 2. The molecule has 0 bridgehead atoms. The zero-order chi connectivity index (χ0) is 24.0. The number of para-hydroxylation sites is 1. The molecular formula is C27H35FN4O. The highest BCUT2D eigenvalue weighted by Crippen LogP contribution is 2.27. The van der Waals surface area contributed by atoms with Gasteiger partial charge >= 0.3 is 0 Å². The van der Waals surface area contributed by atoms with E-state index in [0.29, 0.717) is 23.6 Å². The maximum atomic E-state index is 13.4. The summed E-state index contributed by atoms with van der Waals surface area (Å²) in [6.07, 6.45) is 4.87. The van der Waals surface area contributed by atoms with E-state index in [-0.39, 0.29) is 11.7 Å². The lowest BCUT2D eigenvalue weighted by molar-refractivity contribution is 0.0941. The zero-order valence-corrected chi connectivity index (χ0v) is 20.4. The van der Waals surface area contributed by atoms with Crippen molar-refractivity contribution in [1.82, 2.24) is 15.3 Å². The Labute approximate surface area is 196 Å². The van der Waals surface area contributed by atoms with Crippen LogP contribution < -0.4 is 10.2 Å². The molecule has 0 radical (unpaired) electrons. The molecule has 1 aliphatic carbocycles. The highest BCUT2D eigenvalue weighted by atomic mass is 19.1. The summed E-state index contributed by atoms with van der Waals surface area (Å²) in [4.78, 5) is 22.7. The molecule has 2 aromatic carbocycles. The van der Waals surface area contributed by atoms with Gasteiger partial charge in [-0.15, -0.1) is 0 Å². The lowest BCUT2D eigenvalue weighted by Crippen LogP contribution is -2.31. The first-order chi connectivity index (χ1) is 15.7. The molecule has 0 saturated heterocycles. The Morgan fingerprint density at radius 2 is 1.76 bits per heavy atom. The summed E-state index contributed by atoms with van der Waals surface area (Å²) < 4.78 is 13.4. The summed E-state index contributed by atoms with van der Waals surface area (Å²) in [5.41, 5.74) is 1.98. The number of carbonyl (C=O) groups excluding carboxylic acids is 1. The van der Waals surface area contributed by atoms with E-state index in [2.05, 4.69) is 22.2 Å². The Balaban J connectivity index is 0.000000194. The molecule has 0 unspecified atom stereocenters. The first-order valence-corrected chi connectivity index (χ1v) is 11.7. The summed E-state index contributed by atoms with van der Waals surface area (Å²) >= 11 is 0. The van der Waals surface area contributed by atoms with Gasteiger partial charge in [-0.25, -0.2) is 14.4 Å². The van der Waals surface area contributed by atoms with Crippen molar-refractivity contribution in [3.63, 3.8) is 0 Å². The number of hydrogen-bond donors (Lipinski definition) is 1. The van der Waals surface area contributed by atoms with Crippen molar-refractivity contribution in [1.29, 1.82) is 0 Å². The maximum Gasteiger partial charge on any atom is 0.251 e. The molecule has 1 heterocycles. The topological polar surface area (TPSA) is 58.1 Å². The number of anilines is 1. The van der Waals surface area contributed by atoms with Gasteiger partial charge in [0.05, 0.1) is 5.52 Å². The average Bonchev–Trinajstić information content (AvgIpc) is 2.80. The Morgan fingerprint density at radius 3 is 2.42 bits per heavy atom. The number of amides is 1. The number of nitrogens with zero attached hydrogens (tertiary/aromatic N) is 3. The van der Waals surface area contributed by atoms with E-state index < -0.39 is 0 Å². The molecule has 1 aliphatic rings. The van der Waals surface area contributed by atoms with Crippen LogP contribution >= 0.6 is 0 Å². The summed E-state index contributed by atoms with van der Waals surface area (Å²) in [5, 5.41) is 4.02. The van der Waals surface area contributed by atoms with Crippen LogP contribution in [-0.2, 0) is 0 Å². The number of aromatic nitrogens is 2. The van der Waals surface area contributed by atoms with E-state index in [1.54, 1.807) is 19.1 Å². The fraction of sp³-hybridized carbons (Fsp3) is 0.444. The van der Waals surface area contributed by atoms with Gasteiger partial charge in [-0.05, 0) is 68.4 Å². The summed E-state index contributed by atoms with van der Waals surface area (Å²) in [6, 6.07) is 12.7. The third kappa shape index (κ3) is 6.73. The lowest BCUT2D eigenvalue weighted by Gasteiger charge is -2.26. The minimum Gasteiger partial charge on any atom is -0.362 e. The summed E-state index contributed by atoms with van der Waals surface area (Å²) in [6.45, 7) is 6.60. The number of carbonyl (C=O) groups is 1. The Morgan fingerprint density at radius 1 is 1.06 bits per heavy atom. The van der Waals surface area contributed by atoms with Crippen LogP contribution in [-0.4, -0.2) is 36.5 Å². The number of halogens is 1. The van der Waals surface area contributed by atoms with Crippen molar-refractivity contribution in [3.05, 3.63) is 65.2 Å². The first kappa shape index (κ1) is 24.6. The average molecular weight is 451 g/mol. The molecule has 6 heteroatoms. The first-order valence-electron chi connectivity index (χ1n) is 11.7. The van der Waals surface area contributed by atoms with E-state index in [9.17, 15) is 9.18 Å². The summed E-state index contributed by atoms with van der Waals surface area (Å²) in [5.74, 6) is 2.70. The third-order valence-electron chi connectivity index (χ3n) is 6.24. The predicted molar refractivity (Wildman–Crippen MR) is 133 cm³/mol. The van der Waals surface area contributed by atoms with Crippen LogP contribution in [0.3, 0.4) is 0 Å². The molecule has 3 aromatic rings. The lowest BCUT2D eigenvalue weighted by atomic mass is 9.83. The molecule has 1 saturated carbocycles. The Bertz CT molecular complexity index is 1090. The minimum atomic E-state index is -0.320. The molecule has 1 fully saturated rings. The molecule has 0 aliphatic heterocycles. The van der Waals surface area contributed by atoms with Crippen molar-refractivity contribution in [3.8, 4) is 0 Å². The summed E-state index contributed by atoms with van der Waals surface area (Å²) in [7, 11) is 3.99. The molecule has 176 valence electrons. The number of fused-ring (bicyclic) bond motifs is 1. The van der Waals surface area contributed by atoms with E-state index in [0.717, 1.165) is 28.5 Å². The van der Waals surface area contributed by atoms with E-state index in [1.165, 1.54) is 31.7 Å². The van der Waals surface area contributed by atoms with Crippen molar-refractivity contribution in [2.24, 2.45) is 11.8 Å². The smallest absolute Gasteiger partial charge is 0.251 e. The number of hydrogen-bond acceptors (Lipinski definition) is 4. The molecule has 1 aromatic heterocycles. The van der Waals surface area contributed by atoms with Gasteiger partial charge in [0.25, 0.3) is 5.91 Å². The number of nitrogens with one attached hydrogen (secondary N) is 1. The SMILES string of the molecule is Cc1ccc(C(=O)NCC2CCC(C)CC2)cc1F.Cc1nc(N(C)C)c2ccccc2n1. The van der Waals surface area contributed by atoms with Gasteiger partial charge in [-0.2, -0.15) is 0 Å². The molecule has 0 atom stereocenters. The fourth-order valence-corrected chi connectivity index (χ4v) is 4.12. The van der Waals surface area contributed by atoms with Crippen LogP contribution in [0.15, 0.2) is 42.5 Å². The predicted octanol–water partition coefficient (Wildman–Crippen LogP) is 5.69. The normalized spacial score (nSPS) is 17.8. The van der Waals surface area contributed by atoms with Crippen molar-refractivity contribution < 1.29 is 9.18 Å². The fourth-order valence-electron chi connectivity index (χ4n) is 4.12. The van der Waals surface area contributed by atoms with Gasteiger partial charge in [0.15, 0.2) is 0 Å². The number of rotatable bonds is 4. The second-order valence-corrected chi connectivity index (χ2v) is 9.31. The maximum absolute atomic E-state index is 13.4. The second kappa shape index (κ2) is 11.2. The monoisotopic (exact) mass is 450 g/mol. The van der Waals surface area contributed by atoms with E-state index in [1.807, 2.05) is 50.2 Å². The van der Waals surface area contributed by atoms with Gasteiger partial charge < -0.3 is 10.2 Å². The Hall–Kier alpha value is -3.02. The molecule has 33 heavy (non-hydrogen) atoms. The van der Waals surface area contributed by atoms with Gasteiger partial charge in [0, 0.05) is 31.6 Å². The molecule has 4 rings (SSSR count). The van der Waals surface area contributed by atoms with Crippen LogP contribution in [0, 0.1) is 31.5 Å². The standard InChI is InChI=1S/C16H22FNO.C11H13N3/c1-11-3-6-13(7-4-11)10-18-16(19)14-8-5-12(2)15(17)9-14;1-8-12-10-7-5-4-6-9(10)11(13-8)14(2)3/h5,8-9,11,13H,3-4,6-7,10H2,1-2H3,(H,18,19);4-7H,1-3H3. The molecular weight excluding hydrogens is 415 g/mol. The van der Waals surface area contributed by atoms with Gasteiger partial charge in [-0.1, -0.05) is 38.0 Å². The van der Waals surface area contributed by atoms with Gasteiger partial charge in [0.1, 0.15) is 17.5 Å². The highest BCUT2D eigenvalue weighted by molar-refractivity contribution is 5.94.